The number of hydrogen-bond donors (Lipinski definition) is 2. The number of rotatable bonds is 4. The van der Waals surface area contributed by atoms with Crippen LogP contribution in [-0.2, 0) is 12.8 Å². The predicted molar refractivity (Wildman–Crippen MR) is 63.9 cm³/mol. The summed E-state index contributed by atoms with van der Waals surface area (Å²) in [6.45, 7) is 2.13. The fraction of sp³-hybridized carbons (Fsp3) is 0.636. The Morgan fingerprint density at radius 2 is 2.25 bits per heavy atom. The number of anilines is 1. The molecule has 0 aliphatic heterocycles. The number of fused-ring (bicyclic) bond motifs is 1. The van der Waals surface area contributed by atoms with Crippen LogP contribution in [0.15, 0.2) is 0 Å². The van der Waals surface area contributed by atoms with Crippen molar-refractivity contribution in [1.82, 2.24) is 9.97 Å². The van der Waals surface area contributed by atoms with Crippen molar-refractivity contribution in [3.63, 3.8) is 0 Å². The first-order valence-electron chi connectivity index (χ1n) is 5.67. The standard InChI is InChI=1S/C11H16ClN3O/c1-2-7(6-16)13-10-8-4-3-5-9(8)14-11(12)15-10/h7,16H,2-6H2,1H3,(H,13,14,15). The Morgan fingerprint density at radius 3 is 2.94 bits per heavy atom. The Labute approximate surface area is 100 Å². The zero-order valence-electron chi connectivity index (χ0n) is 9.33. The Hall–Kier alpha value is -0.870. The number of aryl methyl sites for hydroxylation is 1. The van der Waals surface area contributed by atoms with Crippen molar-refractivity contribution in [3.8, 4) is 0 Å². The molecule has 88 valence electrons. The molecular weight excluding hydrogens is 226 g/mol. The molecule has 0 fully saturated rings. The second kappa shape index (κ2) is 4.97. The van der Waals surface area contributed by atoms with E-state index in [1.165, 1.54) is 0 Å². The molecular formula is C11H16ClN3O. The van der Waals surface area contributed by atoms with Gasteiger partial charge in [0.25, 0.3) is 0 Å². The average Bonchev–Trinajstić information content (AvgIpc) is 2.73. The van der Waals surface area contributed by atoms with Crippen LogP contribution in [0.2, 0.25) is 5.28 Å². The molecule has 0 spiro atoms. The van der Waals surface area contributed by atoms with Crippen molar-refractivity contribution in [2.45, 2.75) is 38.6 Å². The smallest absolute Gasteiger partial charge is 0.224 e. The van der Waals surface area contributed by atoms with Crippen LogP contribution in [0.3, 0.4) is 0 Å². The maximum Gasteiger partial charge on any atom is 0.224 e. The molecule has 0 aromatic carbocycles. The monoisotopic (exact) mass is 241 g/mol. The van der Waals surface area contributed by atoms with Crippen LogP contribution < -0.4 is 5.32 Å². The van der Waals surface area contributed by atoms with E-state index in [1.807, 2.05) is 6.92 Å². The first-order valence-corrected chi connectivity index (χ1v) is 6.05. The van der Waals surface area contributed by atoms with E-state index >= 15 is 0 Å². The molecule has 2 N–H and O–H groups in total. The zero-order chi connectivity index (χ0) is 11.5. The summed E-state index contributed by atoms with van der Waals surface area (Å²) in [4.78, 5) is 8.44. The highest BCUT2D eigenvalue weighted by Crippen LogP contribution is 2.27. The number of aliphatic hydroxyl groups is 1. The van der Waals surface area contributed by atoms with Crippen molar-refractivity contribution in [2.75, 3.05) is 11.9 Å². The summed E-state index contributed by atoms with van der Waals surface area (Å²) in [5, 5.41) is 12.7. The fourth-order valence-electron chi connectivity index (χ4n) is 1.99. The molecule has 1 aromatic rings. The molecule has 5 heteroatoms. The SMILES string of the molecule is CCC(CO)Nc1nc(Cl)nc2c1CCC2. The topological polar surface area (TPSA) is 58.0 Å². The normalized spacial score (nSPS) is 15.9. The van der Waals surface area contributed by atoms with Gasteiger partial charge in [-0.3, -0.25) is 0 Å². The predicted octanol–water partition coefficient (Wildman–Crippen LogP) is 1.80. The molecule has 16 heavy (non-hydrogen) atoms. The van der Waals surface area contributed by atoms with E-state index in [9.17, 15) is 0 Å². The highest BCUT2D eigenvalue weighted by molar-refractivity contribution is 6.28. The van der Waals surface area contributed by atoms with Gasteiger partial charge in [0.15, 0.2) is 0 Å². The van der Waals surface area contributed by atoms with E-state index in [-0.39, 0.29) is 17.9 Å². The summed E-state index contributed by atoms with van der Waals surface area (Å²) in [6, 6.07) is 0.0377. The maximum atomic E-state index is 9.17. The molecule has 1 aliphatic rings. The van der Waals surface area contributed by atoms with Crippen molar-refractivity contribution in [1.29, 1.82) is 0 Å². The van der Waals surface area contributed by atoms with Crippen molar-refractivity contribution in [3.05, 3.63) is 16.5 Å². The van der Waals surface area contributed by atoms with Gasteiger partial charge >= 0.3 is 0 Å². The third-order valence-electron chi connectivity index (χ3n) is 2.96. The number of aliphatic hydroxyl groups excluding tert-OH is 1. The molecule has 1 atom stereocenters. The molecule has 1 aromatic heterocycles. The van der Waals surface area contributed by atoms with Crippen molar-refractivity contribution in [2.24, 2.45) is 0 Å². The summed E-state index contributed by atoms with van der Waals surface area (Å²) in [7, 11) is 0. The number of halogens is 1. The van der Waals surface area contributed by atoms with Crippen LogP contribution in [0.1, 0.15) is 31.0 Å². The van der Waals surface area contributed by atoms with Crippen LogP contribution in [-0.4, -0.2) is 27.7 Å². The summed E-state index contributed by atoms with van der Waals surface area (Å²) in [6.07, 6.45) is 3.93. The molecule has 0 saturated carbocycles. The van der Waals surface area contributed by atoms with Gasteiger partial charge < -0.3 is 10.4 Å². The molecule has 0 amide bonds. The number of hydrogen-bond acceptors (Lipinski definition) is 4. The van der Waals surface area contributed by atoms with Crippen LogP contribution in [0, 0.1) is 0 Å². The Bertz CT molecular complexity index is 380. The van der Waals surface area contributed by atoms with E-state index in [0.29, 0.717) is 0 Å². The van der Waals surface area contributed by atoms with E-state index < -0.39 is 0 Å². The van der Waals surface area contributed by atoms with Crippen LogP contribution >= 0.6 is 11.6 Å². The lowest BCUT2D eigenvalue weighted by atomic mass is 10.2. The largest absolute Gasteiger partial charge is 0.394 e. The van der Waals surface area contributed by atoms with Crippen LogP contribution in [0.4, 0.5) is 5.82 Å². The summed E-state index contributed by atoms with van der Waals surface area (Å²) >= 11 is 5.87. The lowest BCUT2D eigenvalue weighted by molar-refractivity contribution is 0.271. The van der Waals surface area contributed by atoms with Crippen molar-refractivity contribution < 1.29 is 5.11 Å². The second-order valence-corrected chi connectivity index (χ2v) is 4.39. The Kier molecular flexibility index (Phi) is 3.61. The van der Waals surface area contributed by atoms with Gasteiger partial charge in [-0.05, 0) is 37.3 Å². The maximum absolute atomic E-state index is 9.17. The number of nitrogens with one attached hydrogen (secondary N) is 1. The minimum absolute atomic E-state index is 0.0377. The molecule has 4 nitrogen and oxygen atoms in total. The summed E-state index contributed by atoms with van der Waals surface area (Å²) in [5.41, 5.74) is 2.21. The number of aromatic nitrogens is 2. The van der Waals surface area contributed by atoms with Gasteiger partial charge in [0.1, 0.15) is 5.82 Å². The van der Waals surface area contributed by atoms with E-state index in [2.05, 4.69) is 15.3 Å². The van der Waals surface area contributed by atoms with Gasteiger partial charge in [-0.25, -0.2) is 9.97 Å². The quantitative estimate of drug-likeness (QED) is 0.790. The van der Waals surface area contributed by atoms with E-state index in [0.717, 1.165) is 42.8 Å². The van der Waals surface area contributed by atoms with Gasteiger partial charge in [0, 0.05) is 5.56 Å². The molecule has 2 rings (SSSR count). The van der Waals surface area contributed by atoms with E-state index in [4.69, 9.17) is 16.7 Å². The molecule has 1 aliphatic carbocycles. The molecule has 1 heterocycles. The highest BCUT2D eigenvalue weighted by Gasteiger charge is 2.20. The summed E-state index contributed by atoms with van der Waals surface area (Å²) in [5.74, 6) is 0.799. The lowest BCUT2D eigenvalue weighted by Crippen LogP contribution is -2.24. The zero-order valence-corrected chi connectivity index (χ0v) is 10.1. The minimum atomic E-state index is 0.0377. The van der Waals surface area contributed by atoms with Crippen LogP contribution in [0.25, 0.3) is 0 Å². The van der Waals surface area contributed by atoms with Gasteiger partial charge in [0.05, 0.1) is 18.3 Å². The molecule has 0 saturated heterocycles. The number of nitrogens with zero attached hydrogens (tertiary/aromatic N) is 2. The van der Waals surface area contributed by atoms with Gasteiger partial charge in [-0.15, -0.1) is 0 Å². The van der Waals surface area contributed by atoms with Gasteiger partial charge in [0.2, 0.25) is 5.28 Å². The fourth-order valence-corrected chi connectivity index (χ4v) is 2.18. The average molecular weight is 242 g/mol. The lowest BCUT2D eigenvalue weighted by Gasteiger charge is -2.17. The van der Waals surface area contributed by atoms with Gasteiger partial charge in [-0.2, -0.15) is 0 Å². The second-order valence-electron chi connectivity index (χ2n) is 4.05. The minimum Gasteiger partial charge on any atom is -0.394 e. The third kappa shape index (κ3) is 2.28. The molecule has 1 unspecified atom stereocenters. The highest BCUT2D eigenvalue weighted by atomic mass is 35.5. The molecule has 0 radical (unpaired) electrons. The summed E-state index contributed by atoms with van der Waals surface area (Å²) < 4.78 is 0. The van der Waals surface area contributed by atoms with E-state index in [1.54, 1.807) is 0 Å². The Balaban J connectivity index is 2.26. The Morgan fingerprint density at radius 1 is 1.44 bits per heavy atom. The van der Waals surface area contributed by atoms with Crippen LogP contribution in [0.5, 0.6) is 0 Å². The first-order chi connectivity index (χ1) is 7.74. The van der Waals surface area contributed by atoms with Crippen molar-refractivity contribution >= 4 is 17.4 Å². The molecule has 0 bridgehead atoms. The third-order valence-corrected chi connectivity index (χ3v) is 3.13. The first kappa shape index (κ1) is 11.6. The van der Waals surface area contributed by atoms with Gasteiger partial charge in [-0.1, -0.05) is 6.92 Å².